The van der Waals surface area contributed by atoms with Crippen LogP contribution in [0.5, 0.6) is 0 Å². The van der Waals surface area contributed by atoms with Gasteiger partial charge in [0.25, 0.3) is 0 Å². The van der Waals surface area contributed by atoms with Crippen LogP contribution in [0.15, 0.2) is 53.0 Å². The van der Waals surface area contributed by atoms with Crippen molar-refractivity contribution >= 4 is 21.9 Å². The molecule has 0 heterocycles. The zero-order valence-corrected chi connectivity index (χ0v) is 12.2. The molecule has 0 N–H and O–H groups in total. The molecule has 110 valence electrons. The predicted molar refractivity (Wildman–Crippen MR) is 74.7 cm³/mol. The van der Waals surface area contributed by atoms with E-state index in [0.29, 0.717) is 0 Å². The normalized spacial score (nSPS) is 11.2. The summed E-state index contributed by atoms with van der Waals surface area (Å²) >= 11 is 2.82. The molecule has 2 nitrogen and oxygen atoms in total. The topological polar surface area (TPSA) is 26.3 Å². The molecule has 0 saturated heterocycles. The molecule has 2 aromatic rings. The van der Waals surface area contributed by atoms with Gasteiger partial charge < -0.3 is 4.74 Å². The lowest BCUT2D eigenvalue weighted by atomic mass is 10.1. The minimum Gasteiger partial charge on any atom is -0.457 e. The van der Waals surface area contributed by atoms with Gasteiger partial charge in [-0.05, 0) is 23.8 Å². The van der Waals surface area contributed by atoms with Crippen LogP contribution >= 0.6 is 15.9 Å². The lowest BCUT2D eigenvalue weighted by Gasteiger charge is -2.10. The smallest absolute Gasteiger partial charge is 0.417 e. The minimum absolute atomic E-state index is 0.0609. The molecule has 21 heavy (non-hydrogen) atoms. The second-order valence-electron chi connectivity index (χ2n) is 4.25. The van der Waals surface area contributed by atoms with Crippen molar-refractivity contribution in [1.29, 1.82) is 0 Å². The maximum Gasteiger partial charge on any atom is 0.417 e. The SMILES string of the molecule is O=C(OCc1ccccc1)c1ccc(C(F)(F)F)c(Br)c1. The van der Waals surface area contributed by atoms with Crippen LogP contribution in [0.4, 0.5) is 13.2 Å². The third kappa shape index (κ3) is 4.07. The van der Waals surface area contributed by atoms with E-state index in [1.807, 2.05) is 6.07 Å². The van der Waals surface area contributed by atoms with Crippen LogP contribution in [0.1, 0.15) is 21.5 Å². The highest BCUT2D eigenvalue weighted by atomic mass is 79.9. The molecular weight excluding hydrogens is 349 g/mol. The fraction of sp³-hybridized carbons (Fsp3) is 0.133. The van der Waals surface area contributed by atoms with Crippen LogP contribution < -0.4 is 0 Å². The largest absolute Gasteiger partial charge is 0.457 e. The molecule has 0 bridgehead atoms. The van der Waals surface area contributed by atoms with Crippen molar-refractivity contribution < 1.29 is 22.7 Å². The highest BCUT2D eigenvalue weighted by Gasteiger charge is 2.33. The molecule has 0 spiro atoms. The van der Waals surface area contributed by atoms with Gasteiger partial charge in [-0.3, -0.25) is 0 Å². The quantitative estimate of drug-likeness (QED) is 0.735. The van der Waals surface area contributed by atoms with E-state index in [1.54, 1.807) is 24.3 Å². The van der Waals surface area contributed by atoms with Crippen molar-refractivity contribution in [3.05, 3.63) is 69.7 Å². The Hall–Kier alpha value is -1.82. The summed E-state index contributed by atoms with van der Waals surface area (Å²) in [5.74, 6) is -0.673. The molecule has 0 unspecified atom stereocenters. The van der Waals surface area contributed by atoms with Crippen molar-refractivity contribution in [3.8, 4) is 0 Å². The standard InChI is InChI=1S/C15H10BrF3O2/c16-13-8-11(6-7-12(13)15(17,18)19)14(20)21-9-10-4-2-1-3-5-10/h1-8H,9H2. The maximum atomic E-state index is 12.6. The number of ether oxygens (including phenoxy) is 1. The Morgan fingerprint density at radius 3 is 2.33 bits per heavy atom. The second-order valence-corrected chi connectivity index (χ2v) is 5.11. The number of hydrogen-bond acceptors (Lipinski definition) is 2. The number of esters is 1. The van der Waals surface area contributed by atoms with E-state index in [9.17, 15) is 18.0 Å². The van der Waals surface area contributed by atoms with E-state index < -0.39 is 17.7 Å². The number of rotatable bonds is 3. The van der Waals surface area contributed by atoms with Crippen molar-refractivity contribution in [2.45, 2.75) is 12.8 Å². The first-order chi connectivity index (χ1) is 9.88. The molecule has 2 rings (SSSR count). The summed E-state index contributed by atoms with van der Waals surface area (Å²) in [5.41, 5.74) is 0.0322. The van der Waals surface area contributed by atoms with E-state index in [0.717, 1.165) is 23.8 Å². The molecule has 0 fully saturated rings. The molecule has 2 aromatic carbocycles. The Labute approximate surface area is 127 Å². The van der Waals surface area contributed by atoms with Gasteiger partial charge in [-0.1, -0.05) is 46.3 Å². The summed E-state index contributed by atoms with van der Waals surface area (Å²) in [4.78, 5) is 11.8. The summed E-state index contributed by atoms with van der Waals surface area (Å²) in [6.07, 6.45) is -4.47. The molecule has 0 saturated carbocycles. The molecule has 6 heteroatoms. The zero-order chi connectivity index (χ0) is 15.5. The first-order valence-corrected chi connectivity index (χ1v) is 6.75. The highest BCUT2D eigenvalue weighted by molar-refractivity contribution is 9.10. The van der Waals surface area contributed by atoms with Crippen molar-refractivity contribution in [2.24, 2.45) is 0 Å². The van der Waals surface area contributed by atoms with Crippen molar-refractivity contribution in [2.75, 3.05) is 0 Å². The fourth-order valence-electron chi connectivity index (χ4n) is 1.68. The lowest BCUT2D eigenvalue weighted by Crippen LogP contribution is -2.09. The Morgan fingerprint density at radius 1 is 1.10 bits per heavy atom. The summed E-state index contributed by atoms with van der Waals surface area (Å²) in [5, 5.41) is 0. The van der Waals surface area contributed by atoms with Gasteiger partial charge in [0.1, 0.15) is 6.61 Å². The molecule has 0 amide bonds. The number of halogens is 4. The predicted octanol–water partition coefficient (Wildman–Crippen LogP) is 4.82. The fourth-order valence-corrected chi connectivity index (χ4v) is 2.28. The first kappa shape index (κ1) is 15.6. The third-order valence-corrected chi connectivity index (χ3v) is 3.38. The third-order valence-electron chi connectivity index (χ3n) is 2.72. The number of carbonyl (C=O) groups excluding carboxylic acids is 1. The van der Waals surface area contributed by atoms with E-state index in [-0.39, 0.29) is 16.6 Å². The van der Waals surface area contributed by atoms with Crippen LogP contribution in [-0.2, 0) is 17.5 Å². The van der Waals surface area contributed by atoms with Gasteiger partial charge in [-0.2, -0.15) is 13.2 Å². The summed E-state index contributed by atoms with van der Waals surface area (Å²) < 4.78 is 42.7. The minimum atomic E-state index is -4.47. The monoisotopic (exact) mass is 358 g/mol. The maximum absolute atomic E-state index is 12.6. The average Bonchev–Trinajstić information content (AvgIpc) is 2.44. The molecular formula is C15H10BrF3O2. The molecule has 0 aliphatic rings. The van der Waals surface area contributed by atoms with Crippen molar-refractivity contribution in [3.63, 3.8) is 0 Å². The van der Waals surface area contributed by atoms with Crippen LogP contribution in [0.3, 0.4) is 0 Å². The van der Waals surface area contributed by atoms with Gasteiger partial charge >= 0.3 is 12.1 Å². The van der Waals surface area contributed by atoms with Crippen molar-refractivity contribution in [1.82, 2.24) is 0 Å². The van der Waals surface area contributed by atoms with Gasteiger partial charge in [-0.25, -0.2) is 4.79 Å². The molecule has 0 radical (unpaired) electrons. The van der Waals surface area contributed by atoms with E-state index >= 15 is 0 Å². The lowest BCUT2D eigenvalue weighted by molar-refractivity contribution is -0.138. The number of alkyl halides is 3. The molecule has 0 aliphatic heterocycles. The number of benzene rings is 2. The second kappa shape index (κ2) is 6.30. The zero-order valence-electron chi connectivity index (χ0n) is 10.7. The summed E-state index contributed by atoms with van der Waals surface area (Å²) in [6.45, 7) is 0.0678. The Morgan fingerprint density at radius 2 is 1.76 bits per heavy atom. The Kier molecular flexibility index (Phi) is 4.67. The van der Waals surface area contributed by atoms with Gasteiger partial charge in [0.05, 0.1) is 11.1 Å². The molecule has 0 aliphatic carbocycles. The van der Waals surface area contributed by atoms with Gasteiger partial charge in [0.2, 0.25) is 0 Å². The Balaban J connectivity index is 2.08. The van der Waals surface area contributed by atoms with Gasteiger partial charge in [0.15, 0.2) is 0 Å². The van der Waals surface area contributed by atoms with Crippen LogP contribution in [0, 0.1) is 0 Å². The first-order valence-electron chi connectivity index (χ1n) is 5.96. The highest BCUT2D eigenvalue weighted by Crippen LogP contribution is 2.35. The summed E-state index contributed by atoms with van der Waals surface area (Å²) in [6, 6.07) is 12.1. The van der Waals surface area contributed by atoms with Crippen LogP contribution in [-0.4, -0.2) is 5.97 Å². The number of hydrogen-bond donors (Lipinski definition) is 0. The van der Waals surface area contributed by atoms with Crippen LogP contribution in [0.25, 0.3) is 0 Å². The van der Waals surface area contributed by atoms with E-state index in [2.05, 4.69) is 15.9 Å². The summed E-state index contributed by atoms with van der Waals surface area (Å²) in [7, 11) is 0. The van der Waals surface area contributed by atoms with E-state index in [4.69, 9.17) is 4.74 Å². The van der Waals surface area contributed by atoms with Gasteiger partial charge in [-0.15, -0.1) is 0 Å². The van der Waals surface area contributed by atoms with Crippen LogP contribution in [0.2, 0.25) is 0 Å². The number of carbonyl (C=O) groups is 1. The van der Waals surface area contributed by atoms with E-state index in [1.165, 1.54) is 0 Å². The molecule has 0 atom stereocenters. The molecule has 0 aromatic heterocycles. The van der Waals surface area contributed by atoms with Gasteiger partial charge in [0, 0.05) is 4.47 Å². The Bertz CT molecular complexity index is 639. The average molecular weight is 359 g/mol.